The molecule has 1 amide bonds. The first-order valence-corrected chi connectivity index (χ1v) is 11.7. The molecule has 6 rings (SSSR count). The first-order chi connectivity index (χ1) is 14.9. The Bertz CT molecular complexity index is 904. The zero-order valence-electron chi connectivity index (χ0n) is 17.9. The molecular formula is C22H30F2N6O. The van der Waals surface area contributed by atoms with E-state index in [2.05, 4.69) is 22.5 Å². The fraction of sp³-hybridized carbons (Fsp3) is 0.773. The van der Waals surface area contributed by atoms with Crippen molar-refractivity contribution in [2.45, 2.75) is 50.6 Å². The number of aromatic nitrogens is 2. The molecule has 2 unspecified atom stereocenters. The van der Waals surface area contributed by atoms with Crippen LogP contribution in [0, 0.1) is 17.8 Å². The van der Waals surface area contributed by atoms with Crippen molar-refractivity contribution in [1.82, 2.24) is 25.5 Å². The molecule has 3 aliphatic heterocycles. The zero-order valence-corrected chi connectivity index (χ0v) is 17.9. The Morgan fingerprint density at radius 2 is 2.03 bits per heavy atom. The number of piperidine rings is 1. The SMILES string of the molecule is CC1CCN1c1nc(C2NC[C@H]3[C@@H](CC(=O)N4CCNCC4)[C@@H]23)c2c(n1)C(F)(F)CC2. The van der Waals surface area contributed by atoms with Crippen LogP contribution < -0.4 is 15.5 Å². The van der Waals surface area contributed by atoms with Gasteiger partial charge in [0.1, 0.15) is 5.69 Å². The van der Waals surface area contributed by atoms with Crippen LogP contribution in [0.4, 0.5) is 14.7 Å². The van der Waals surface area contributed by atoms with Crippen LogP contribution in [0.3, 0.4) is 0 Å². The number of hydrogen-bond donors (Lipinski definition) is 2. The molecule has 0 radical (unpaired) electrons. The van der Waals surface area contributed by atoms with Crippen LogP contribution in [0.25, 0.3) is 0 Å². The monoisotopic (exact) mass is 432 g/mol. The molecule has 1 aromatic heterocycles. The molecule has 5 atom stereocenters. The molecule has 7 nitrogen and oxygen atoms in total. The third kappa shape index (κ3) is 3.15. The van der Waals surface area contributed by atoms with Crippen molar-refractivity contribution in [1.29, 1.82) is 0 Å². The van der Waals surface area contributed by atoms with Gasteiger partial charge in [-0.1, -0.05) is 0 Å². The van der Waals surface area contributed by atoms with Crippen molar-refractivity contribution in [3.05, 3.63) is 17.0 Å². The van der Waals surface area contributed by atoms with Crippen molar-refractivity contribution in [2.24, 2.45) is 17.8 Å². The van der Waals surface area contributed by atoms with Gasteiger partial charge in [0.25, 0.3) is 5.92 Å². The van der Waals surface area contributed by atoms with Crippen molar-refractivity contribution in [2.75, 3.05) is 44.2 Å². The summed E-state index contributed by atoms with van der Waals surface area (Å²) in [5.41, 5.74) is 1.34. The number of hydrogen-bond acceptors (Lipinski definition) is 6. The summed E-state index contributed by atoms with van der Waals surface area (Å²) in [5, 5.41) is 6.82. The van der Waals surface area contributed by atoms with E-state index in [1.165, 1.54) is 0 Å². The topological polar surface area (TPSA) is 73.4 Å². The van der Waals surface area contributed by atoms with E-state index in [1.807, 2.05) is 9.80 Å². The van der Waals surface area contributed by atoms with Crippen LogP contribution >= 0.6 is 0 Å². The Balaban J connectivity index is 1.26. The number of rotatable bonds is 4. The number of nitrogens with one attached hydrogen (secondary N) is 2. The highest BCUT2D eigenvalue weighted by Gasteiger charge is 2.60. The summed E-state index contributed by atoms with van der Waals surface area (Å²) >= 11 is 0. The lowest BCUT2D eigenvalue weighted by Crippen LogP contribution is -2.47. The highest BCUT2D eigenvalue weighted by atomic mass is 19.3. The van der Waals surface area contributed by atoms with Crippen LogP contribution in [0.15, 0.2) is 0 Å². The summed E-state index contributed by atoms with van der Waals surface area (Å²) in [6.07, 6.45) is 1.74. The van der Waals surface area contributed by atoms with E-state index < -0.39 is 5.92 Å². The molecule has 0 spiro atoms. The molecular weight excluding hydrogens is 402 g/mol. The van der Waals surface area contributed by atoms with E-state index in [0.717, 1.165) is 51.4 Å². The molecule has 9 heteroatoms. The van der Waals surface area contributed by atoms with Gasteiger partial charge in [-0.2, -0.15) is 8.78 Å². The van der Waals surface area contributed by atoms with Gasteiger partial charge >= 0.3 is 0 Å². The van der Waals surface area contributed by atoms with Crippen LogP contribution in [-0.4, -0.2) is 66.1 Å². The smallest absolute Gasteiger partial charge is 0.290 e. The predicted molar refractivity (Wildman–Crippen MR) is 111 cm³/mol. The van der Waals surface area contributed by atoms with Gasteiger partial charge in [-0.3, -0.25) is 4.79 Å². The van der Waals surface area contributed by atoms with Gasteiger partial charge in [0, 0.05) is 57.2 Å². The maximum Gasteiger partial charge on any atom is 0.290 e. The van der Waals surface area contributed by atoms with E-state index in [-0.39, 0.29) is 30.1 Å². The Morgan fingerprint density at radius 1 is 1.23 bits per heavy atom. The maximum absolute atomic E-state index is 14.6. The van der Waals surface area contributed by atoms with Gasteiger partial charge < -0.3 is 20.4 Å². The number of carbonyl (C=O) groups excluding carboxylic acids is 1. The second kappa shape index (κ2) is 7.07. The molecule has 0 bridgehead atoms. The van der Waals surface area contributed by atoms with Gasteiger partial charge in [0.2, 0.25) is 11.9 Å². The number of anilines is 1. The number of piperazine rings is 1. The minimum atomic E-state index is -2.88. The third-order valence-electron chi connectivity index (χ3n) is 8.17. The lowest BCUT2D eigenvalue weighted by Gasteiger charge is -2.39. The first-order valence-electron chi connectivity index (χ1n) is 11.7. The van der Waals surface area contributed by atoms with E-state index in [9.17, 15) is 13.6 Å². The Hall–Kier alpha value is -1.87. The second-order valence-electron chi connectivity index (χ2n) is 9.90. The molecule has 2 aliphatic carbocycles. The highest BCUT2D eigenvalue weighted by Crippen LogP contribution is 2.60. The number of alkyl halides is 2. The molecule has 1 aromatic rings. The fourth-order valence-corrected chi connectivity index (χ4v) is 6.10. The number of halogens is 2. The molecule has 168 valence electrons. The highest BCUT2D eigenvalue weighted by molar-refractivity contribution is 5.77. The van der Waals surface area contributed by atoms with E-state index >= 15 is 0 Å². The molecule has 5 aliphatic rings. The summed E-state index contributed by atoms with van der Waals surface area (Å²) in [6.45, 7) is 6.98. The van der Waals surface area contributed by atoms with Crippen LogP contribution in [-0.2, 0) is 17.1 Å². The third-order valence-corrected chi connectivity index (χ3v) is 8.17. The minimum absolute atomic E-state index is 0.0493. The van der Waals surface area contributed by atoms with Crippen molar-refractivity contribution in [3.63, 3.8) is 0 Å². The number of carbonyl (C=O) groups is 1. The quantitative estimate of drug-likeness (QED) is 0.750. The average Bonchev–Trinajstić information content (AvgIpc) is 3.08. The largest absolute Gasteiger partial charge is 0.340 e. The molecule has 0 aromatic carbocycles. The molecule has 3 saturated heterocycles. The van der Waals surface area contributed by atoms with E-state index in [1.54, 1.807) is 0 Å². The molecule has 1 saturated carbocycles. The van der Waals surface area contributed by atoms with Crippen molar-refractivity contribution in [3.8, 4) is 0 Å². The Labute approximate surface area is 181 Å². The molecule has 31 heavy (non-hydrogen) atoms. The normalized spacial score (nSPS) is 35.5. The summed E-state index contributed by atoms with van der Waals surface area (Å²) in [6, 6.07) is 0.238. The van der Waals surface area contributed by atoms with Crippen molar-refractivity contribution < 1.29 is 13.6 Å². The number of fused-ring (bicyclic) bond motifs is 2. The van der Waals surface area contributed by atoms with Crippen LogP contribution in [0.1, 0.15) is 49.2 Å². The lowest BCUT2D eigenvalue weighted by molar-refractivity contribution is -0.132. The lowest BCUT2D eigenvalue weighted by atomic mass is 10.00. The summed E-state index contributed by atoms with van der Waals surface area (Å²) < 4.78 is 29.3. The van der Waals surface area contributed by atoms with E-state index in [0.29, 0.717) is 42.1 Å². The first kappa shape index (κ1) is 19.8. The van der Waals surface area contributed by atoms with Gasteiger partial charge in [0.05, 0.1) is 11.7 Å². The second-order valence-corrected chi connectivity index (χ2v) is 9.90. The number of nitrogens with zero attached hydrogens (tertiary/aromatic N) is 4. The van der Waals surface area contributed by atoms with Crippen molar-refractivity contribution >= 4 is 11.9 Å². The summed E-state index contributed by atoms with van der Waals surface area (Å²) in [4.78, 5) is 26.0. The van der Waals surface area contributed by atoms with E-state index in [4.69, 9.17) is 4.98 Å². The predicted octanol–water partition coefficient (Wildman–Crippen LogP) is 1.44. The number of amides is 1. The standard InChI is InChI=1S/C22H30F2N6O/c1-12-3-7-30(12)21-27-18(13-2-4-22(23,24)20(13)28-21)19-17-14(15(17)11-26-19)10-16(31)29-8-5-25-6-9-29/h12,14-15,17,19,25-26H,2-11H2,1H3/t12?,14-,15+,17-,19?/m1/s1. The zero-order chi connectivity index (χ0) is 21.3. The van der Waals surface area contributed by atoms with Gasteiger partial charge in [-0.15, -0.1) is 0 Å². The minimum Gasteiger partial charge on any atom is -0.340 e. The molecule has 2 N–H and O–H groups in total. The maximum atomic E-state index is 14.6. The summed E-state index contributed by atoms with van der Waals surface area (Å²) in [7, 11) is 0. The Kier molecular flexibility index (Phi) is 4.51. The molecule has 4 heterocycles. The van der Waals surface area contributed by atoms with Gasteiger partial charge in [0.15, 0.2) is 0 Å². The average molecular weight is 433 g/mol. The van der Waals surface area contributed by atoms with Crippen LogP contribution in [0.2, 0.25) is 0 Å². The van der Waals surface area contributed by atoms with Gasteiger partial charge in [-0.25, -0.2) is 9.97 Å². The van der Waals surface area contributed by atoms with Crippen LogP contribution in [0.5, 0.6) is 0 Å². The fourth-order valence-electron chi connectivity index (χ4n) is 6.10. The van der Waals surface area contributed by atoms with Gasteiger partial charge in [-0.05, 0) is 44.1 Å². The molecule has 4 fully saturated rings. The Morgan fingerprint density at radius 3 is 2.74 bits per heavy atom. The summed E-state index contributed by atoms with van der Waals surface area (Å²) in [5.74, 6) is -1.12.